The zero-order valence-electron chi connectivity index (χ0n) is 8.54. The molecule has 3 nitrogen and oxygen atoms in total. The van der Waals surface area contributed by atoms with Gasteiger partial charge in [0, 0.05) is 5.56 Å². The fourth-order valence-electron chi connectivity index (χ4n) is 1.40. The summed E-state index contributed by atoms with van der Waals surface area (Å²) in [4.78, 5) is 10.9. The fraction of sp³-hybridized carbons (Fsp3) is 0.364. The standard InChI is InChI=1S/C11H15NO2/c1-3-4-8-7-9(11(12)13)5-6-10(8)14-2/h5-7H,3-4H2,1-2H3,(H2,12,13). The number of methoxy groups -OCH3 is 1. The summed E-state index contributed by atoms with van der Waals surface area (Å²) in [5.41, 5.74) is 6.76. The van der Waals surface area contributed by atoms with E-state index < -0.39 is 5.91 Å². The first kappa shape index (κ1) is 10.6. The van der Waals surface area contributed by atoms with Crippen LogP contribution in [0.15, 0.2) is 18.2 Å². The third kappa shape index (κ3) is 2.25. The Hall–Kier alpha value is -1.51. The van der Waals surface area contributed by atoms with Crippen molar-refractivity contribution in [3.05, 3.63) is 29.3 Å². The molecule has 0 atom stereocenters. The Bertz CT molecular complexity index is 334. The van der Waals surface area contributed by atoms with Crippen molar-refractivity contribution in [2.45, 2.75) is 19.8 Å². The van der Waals surface area contributed by atoms with Crippen LogP contribution in [0, 0.1) is 0 Å². The van der Waals surface area contributed by atoms with Gasteiger partial charge < -0.3 is 10.5 Å². The molecule has 0 spiro atoms. The monoisotopic (exact) mass is 193 g/mol. The smallest absolute Gasteiger partial charge is 0.248 e. The number of aryl methyl sites for hydroxylation is 1. The molecule has 0 aliphatic rings. The normalized spacial score (nSPS) is 9.86. The van der Waals surface area contributed by atoms with Gasteiger partial charge in [-0.05, 0) is 30.2 Å². The lowest BCUT2D eigenvalue weighted by Crippen LogP contribution is -2.11. The van der Waals surface area contributed by atoms with Crippen LogP contribution in [0.25, 0.3) is 0 Å². The zero-order valence-corrected chi connectivity index (χ0v) is 8.54. The highest BCUT2D eigenvalue weighted by Gasteiger charge is 2.06. The second-order valence-corrected chi connectivity index (χ2v) is 3.14. The van der Waals surface area contributed by atoms with E-state index >= 15 is 0 Å². The Kier molecular flexibility index (Phi) is 3.51. The third-order valence-corrected chi connectivity index (χ3v) is 2.08. The van der Waals surface area contributed by atoms with Crippen LogP contribution < -0.4 is 10.5 Å². The number of hydrogen-bond acceptors (Lipinski definition) is 2. The zero-order chi connectivity index (χ0) is 10.6. The summed E-state index contributed by atoms with van der Waals surface area (Å²) in [6, 6.07) is 5.26. The molecule has 76 valence electrons. The first-order chi connectivity index (χ1) is 6.69. The number of ether oxygens (including phenoxy) is 1. The Morgan fingerprint density at radius 2 is 2.21 bits per heavy atom. The minimum atomic E-state index is -0.398. The summed E-state index contributed by atoms with van der Waals surface area (Å²) in [5.74, 6) is 0.418. The molecule has 0 heterocycles. The Balaban J connectivity index is 3.07. The van der Waals surface area contributed by atoms with Gasteiger partial charge in [0.05, 0.1) is 7.11 Å². The predicted octanol–water partition coefficient (Wildman–Crippen LogP) is 1.75. The lowest BCUT2D eigenvalue weighted by atomic mass is 10.1. The molecule has 0 unspecified atom stereocenters. The van der Waals surface area contributed by atoms with E-state index in [1.165, 1.54) is 0 Å². The predicted molar refractivity (Wildman–Crippen MR) is 55.5 cm³/mol. The van der Waals surface area contributed by atoms with E-state index in [4.69, 9.17) is 10.5 Å². The molecule has 1 aromatic carbocycles. The van der Waals surface area contributed by atoms with E-state index in [1.807, 2.05) is 0 Å². The van der Waals surface area contributed by atoms with Crippen molar-refractivity contribution in [3.63, 3.8) is 0 Å². The molecule has 14 heavy (non-hydrogen) atoms. The van der Waals surface area contributed by atoms with E-state index in [1.54, 1.807) is 25.3 Å². The van der Waals surface area contributed by atoms with Crippen LogP contribution in [0.4, 0.5) is 0 Å². The topological polar surface area (TPSA) is 52.3 Å². The largest absolute Gasteiger partial charge is 0.496 e. The average Bonchev–Trinajstić information content (AvgIpc) is 2.18. The van der Waals surface area contributed by atoms with Gasteiger partial charge in [0.25, 0.3) is 0 Å². The molecule has 3 heteroatoms. The molecule has 0 saturated carbocycles. The maximum Gasteiger partial charge on any atom is 0.248 e. The summed E-state index contributed by atoms with van der Waals surface area (Å²) in [6.07, 6.45) is 1.91. The van der Waals surface area contributed by atoms with Crippen molar-refractivity contribution in [2.24, 2.45) is 5.73 Å². The van der Waals surface area contributed by atoms with Crippen LogP contribution >= 0.6 is 0 Å². The van der Waals surface area contributed by atoms with Crippen molar-refractivity contribution in [1.29, 1.82) is 0 Å². The van der Waals surface area contributed by atoms with Crippen LogP contribution in [0.1, 0.15) is 29.3 Å². The van der Waals surface area contributed by atoms with E-state index in [9.17, 15) is 4.79 Å². The molecule has 0 aromatic heterocycles. The lowest BCUT2D eigenvalue weighted by molar-refractivity contribution is 0.1000. The van der Waals surface area contributed by atoms with Gasteiger partial charge >= 0.3 is 0 Å². The van der Waals surface area contributed by atoms with Gasteiger partial charge in [-0.1, -0.05) is 13.3 Å². The van der Waals surface area contributed by atoms with E-state index in [2.05, 4.69) is 6.92 Å². The Morgan fingerprint density at radius 1 is 1.50 bits per heavy atom. The highest BCUT2D eigenvalue weighted by atomic mass is 16.5. The molecular formula is C11H15NO2. The first-order valence-electron chi connectivity index (χ1n) is 4.65. The fourth-order valence-corrected chi connectivity index (χ4v) is 1.40. The third-order valence-electron chi connectivity index (χ3n) is 2.08. The molecule has 0 aliphatic carbocycles. The molecule has 0 bridgehead atoms. The highest BCUT2D eigenvalue weighted by Crippen LogP contribution is 2.21. The van der Waals surface area contributed by atoms with Gasteiger partial charge in [0.15, 0.2) is 0 Å². The second-order valence-electron chi connectivity index (χ2n) is 3.14. The molecule has 0 fully saturated rings. The number of hydrogen-bond donors (Lipinski definition) is 1. The number of benzene rings is 1. The average molecular weight is 193 g/mol. The molecule has 1 amide bonds. The van der Waals surface area contributed by atoms with Gasteiger partial charge in [0.2, 0.25) is 5.91 Å². The molecule has 0 aliphatic heterocycles. The van der Waals surface area contributed by atoms with E-state index in [0.717, 1.165) is 24.2 Å². The number of amides is 1. The van der Waals surface area contributed by atoms with Crippen molar-refractivity contribution in [2.75, 3.05) is 7.11 Å². The SMILES string of the molecule is CCCc1cc(C(N)=O)ccc1OC. The van der Waals surface area contributed by atoms with Crippen molar-refractivity contribution in [3.8, 4) is 5.75 Å². The van der Waals surface area contributed by atoms with Crippen LogP contribution in [-0.4, -0.2) is 13.0 Å². The first-order valence-corrected chi connectivity index (χ1v) is 4.65. The maximum absolute atomic E-state index is 10.9. The van der Waals surface area contributed by atoms with Gasteiger partial charge in [-0.2, -0.15) is 0 Å². The maximum atomic E-state index is 10.9. The molecule has 0 saturated heterocycles. The number of carbonyl (C=O) groups excluding carboxylic acids is 1. The van der Waals surface area contributed by atoms with Gasteiger partial charge in [-0.25, -0.2) is 0 Å². The highest BCUT2D eigenvalue weighted by molar-refractivity contribution is 5.93. The molecular weight excluding hydrogens is 178 g/mol. The van der Waals surface area contributed by atoms with E-state index in [0.29, 0.717) is 5.56 Å². The molecule has 1 rings (SSSR count). The van der Waals surface area contributed by atoms with Crippen LogP contribution in [0.3, 0.4) is 0 Å². The van der Waals surface area contributed by atoms with Crippen LogP contribution in [0.2, 0.25) is 0 Å². The molecule has 2 N–H and O–H groups in total. The lowest BCUT2D eigenvalue weighted by Gasteiger charge is -2.08. The summed E-state index contributed by atoms with van der Waals surface area (Å²) < 4.78 is 5.18. The molecule has 1 aromatic rings. The number of carbonyl (C=O) groups is 1. The summed E-state index contributed by atoms with van der Waals surface area (Å²) >= 11 is 0. The summed E-state index contributed by atoms with van der Waals surface area (Å²) in [7, 11) is 1.62. The Labute approximate surface area is 83.9 Å². The quantitative estimate of drug-likeness (QED) is 0.792. The van der Waals surface area contributed by atoms with E-state index in [-0.39, 0.29) is 0 Å². The Morgan fingerprint density at radius 3 is 2.71 bits per heavy atom. The van der Waals surface area contributed by atoms with Gasteiger partial charge in [-0.15, -0.1) is 0 Å². The minimum absolute atomic E-state index is 0.398. The van der Waals surface area contributed by atoms with Crippen molar-refractivity contribution < 1.29 is 9.53 Å². The summed E-state index contributed by atoms with van der Waals surface area (Å²) in [5, 5.41) is 0. The van der Waals surface area contributed by atoms with Gasteiger partial charge in [0.1, 0.15) is 5.75 Å². The minimum Gasteiger partial charge on any atom is -0.496 e. The number of primary amides is 1. The van der Waals surface area contributed by atoms with Crippen molar-refractivity contribution in [1.82, 2.24) is 0 Å². The van der Waals surface area contributed by atoms with Crippen LogP contribution in [0.5, 0.6) is 5.75 Å². The van der Waals surface area contributed by atoms with Crippen molar-refractivity contribution >= 4 is 5.91 Å². The van der Waals surface area contributed by atoms with Crippen LogP contribution in [-0.2, 0) is 6.42 Å². The number of rotatable bonds is 4. The van der Waals surface area contributed by atoms with Gasteiger partial charge in [-0.3, -0.25) is 4.79 Å². The second kappa shape index (κ2) is 4.65. The summed E-state index contributed by atoms with van der Waals surface area (Å²) in [6.45, 7) is 2.08. The molecule has 0 radical (unpaired) electrons. The number of nitrogens with two attached hydrogens (primary N) is 1.